The first-order chi connectivity index (χ1) is 16.7. The van der Waals surface area contributed by atoms with Crippen LogP contribution in [0.15, 0.2) is 39.2 Å². The van der Waals surface area contributed by atoms with Gasteiger partial charge in [-0.1, -0.05) is 21.1 Å². The van der Waals surface area contributed by atoms with E-state index < -0.39 is 57.2 Å². The van der Waals surface area contributed by atoms with E-state index in [9.17, 15) is 28.5 Å². The minimum absolute atomic E-state index is 0.0198. The minimum Gasteiger partial charge on any atom is -0.477 e. The van der Waals surface area contributed by atoms with Gasteiger partial charge < -0.3 is 24.4 Å². The summed E-state index contributed by atoms with van der Waals surface area (Å²) in [7, 11) is -1.66. The molecule has 0 bridgehead atoms. The van der Waals surface area contributed by atoms with E-state index in [4.69, 9.17) is 14.0 Å². The molecule has 0 spiro atoms. The van der Waals surface area contributed by atoms with Crippen molar-refractivity contribution in [1.82, 2.24) is 10.2 Å². The second-order valence-electron chi connectivity index (χ2n) is 9.49. The lowest BCUT2D eigenvalue weighted by Crippen LogP contribution is -2.74. The SMILES string of the molecule is CC(C)(C)OC(=O)C(C)(C)ON=C(C(=O)N[C@@H]1C(=O)N2C(C(=O)O)=C(CBr)C[S@](=O)[C@H]12)c1ccco1. The summed E-state index contributed by atoms with van der Waals surface area (Å²) in [5.74, 6) is -3.79. The van der Waals surface area contributed by atoms with Gasteiger partial charge in [0, 0.05) is 5.33 Å². The molecule has 3 heterocycles. The summed E-state index contributed by atoms with van der Waals surface area (Å²) in [6.07, 6.45) is 1.29. The summed E-state index contributed by atoms with van der Waals surface area (Å²) >= 11 is 3.16. The first kappa shape index (κ1) is 27.6. The Hall–Kier alpha value is -3.00. The maximum absolute atomic E-state index is 13.1. The van der Waals surface area contributed by atoms with Gasteiger partial charge in [-0.05, 0) is 52.3 Å². The number of β-lactam (4-membered cyclic amide) rings is 1. The number of carbonyl (C=O) groups excluding carboxylic acids is 3. The van der Waals surface area contributed by atoms with Crippen molar-refractivity contribution < 1.29 is 42.5 Å². The van der Waals surface area contributed by atoms with E-state index in [1.165, 1.54) is 32.2 Å². The number of amides is 2. The fraction of sp³-hybridized carbons (Fsp3) is 0.500. The number of oxime groups is 1. The highest BCUT2D eigenvalue weighted by atomic mass is 79.9. The Morgan fingerprint density at radius 1 is 1.31 bits per heavy atom. The molecule has 12 nitrogen and oxygen atoms in total. The van der Waals surface area contributed by atoms with Gasteiger partial charge in [0.05, 0.1) is 22.8 Å². The Kier molecular flexibility index (Phi) is 7.79. The van der Waals surface area contributed by atoms with E-state index in [0.717, 1.165) is 4.90 Å². The van der Waals surface area contributed by atoms with Crippen LogP contribution in [0.2, 0.25) is 0 Å². The highest BCUT2D eigenvalue weighted by Crippen LogP contribution is 2.35. The molecule has 2 aliphatic heterocycles. The lowest BCUT2D eigenvalue weighted by atomic mass is 10.0. The van der Waals surface area contributed by atoms with Crippen LogP contribution < -0.4 is 5.32 Å². The molecule has 36 heavy (non-hydrogen) atoms. The Balaban J connectivity index is 1.83. The Morgan fingerprint density at radius 2 is 1.97 bits per heavy atom. The number of nitrogens with one attached hydrogen (secondary N) is 1. The summed E-state index contributed by atoms with van der Waals surface area (Å²) in [6, 6.07) is 1.65. The summed E-state index contributed by atoms with van der Waals surface area (Å²) < 4.78 is 23.3. The van der Waals surface area contributed by atoms with E-state index in [2.05, 4.69) is 26.4 Å². The van der Waals surface area contributed by atoms with Crippen LogP contribution in [0, 0.1) is 0 Å². The van der Waals surface area contributed by atoms with Crippen molar-refractivity contribution in [3.8, 4) is 0 Å². The predicted octanol–water partition coefficient (Wildman–Crippen LogP) is 1.27. The van der Waals surface area contributed by atoms with Gasteiger partial charge in [-0.2, -0.15) is 0 Å². The predicted molar refractivity (Wildman–Crippen MR) is 130 cm³/mol. The molecule has 0 aromatic carbocycles. The summed E-state index contributed by atoms with van der Waals surface area (Å²) in [4.78, 5) is 56.4. The summed E-state index contributed by atoms with van der Waals surface area (Å²) in [5, 5.41) is 14.9. The number of carboxylic acid groups (broad SMARTS) is 1. The van der Waals surface area contributed by atoms with Gasteiger partial charge in [0.25, 0.3) is 11.8 Å². The molecule has 0 saturated carbocycles. The standard InChI is InChI=1S/C22H26BrN3O9S/c1-21(2,3)34-20(31)22(4,5)35-25-13(12-7-6-8-33-12)16(27)24-14-17(28)26-15(19(29)30)11(9-23)10-36(32)18(14)26/h6-8,14,18H,9-10H2,1-5H3,(H,24,27)(H,29,30)/t14-,18-,36+/m1/s1. The molecular formula is C22H26BrN3O9S. The fourth-order valence-corrected chi connectivity index (χ4v) is 5.79. The van der Waals surface area contributed by atoms with E-state index in [-0.39, 0.29) is 28.3 Å². The van der Waals surface area contributed by atoms with E-state index in [0.29, 0.717) is 5.57 Å². The van der Waals surface area contributed by atoms with Crippen molar-refractivity contribution >= 4 is 56.2 Å². The monoisotopic (exact) mass is 587 g/mol. The van der Waals surface area contributed by atoms with Crippen LogP contribution in [0.5, 0.6) is 0 Å². The number of esters is 1. The lowest BCUT2D eigenvalue weighted by molar-refractivity contribution is -0.179. The smallest absolute Gasteiger partial charge is 0.353 e. The van der Waals surface area contributed by atoms with Gasteiger partial charge in [0.1, 0.15) is 22.7 Å². The maximum Gasteiger partial charge on any atom is 0.353 e. The van der Waals surface area contributed by atoms with Crippen LogP contribution in [-0.2, 0) is 39.6 Å². The zero-order valence-electron chi connectivity index (χ0n) is 20.2. The molecule has 1 aromatic rings. The van der Waals surface area contributed by atoms with E-state index >= 15 is 0 Å². The van der Waals surface area contributed by atoms with Crippen molar-refractivity contribution in [3.05, 3.63) is 35.4 Å². The van der Waals surface area contributed by atoms with Gasteiger partial charge in [-0.25, -0.2) is 9.59 Å². The second kappa shape index (κ2) is 10.2. The number of nitrogens with zero attached hydrogens (tertiary/aromatic N) is 2. The topological polar surface area (TPSA) is 165 Å². The summed E-state index contributed by atoms with van der Waals surface area (Å²) in [6.45, 7) is 7.87. The number of aliphatic carboxylic acids is 1. The van der Waals surface area contributed by atoms with Gasteiger partial charge in [0.15, 0.2) is 5.76 Å². The van der Waals surface area contributed by atoms with Crippen LogP contribution in [0.1, 0.15) is 40.4 Å². The molecule has 0 radical (unpaired) electrons. The largest absolute Gasteiger partial charge is 0.477 e. The van der Waals surface area contributed by atoms with Crippen molar-refractivity contribution in [3.63, 3.8) is 0 Å². The molecule has 196 valence electrons. The zero-order valence-corrected chi connectivity index (χ0v) is 22.6. The first-order valence-electron chi connectivity index (χ1n) is 10.7. The molecule has 0 aliphatic carbocycles. The molecule has 14 heteroatoms. The third-order valence-corrected chi connectivity index (χ3v) is 7.41. The van der Waals surface area contributed by atoms with Crippen LogP contribution in [0.25, 0.3) is 0 Å². The number of hydrogen-bond acceptors (Lipinski definition) is 9. The quantitative estimate of drug-likeness (QED) is 0.150. The fourth-order valence-electron chi connectivity index (χ4n) is 3.38. The maximum atomic E-state index is 13.1. The van der Waals surface area contributed by atoms with E-state index in [1.54, 1.807) is 20.8 Å². The van der Waals surface area contributed by atoms with Crippen molar-refractivity contribution in [2.75, 3.05) is 11.1 Å². The lowest BCUT2D eigenvalue weighted by Gasteiger charge is -2.48. The number of alkyl halides is 1. The van der Waals surface area contributed by atoms with Gasteiger partial charge in [-0.15, -0.1) is 0 Å². The number of hydrogen-bond donors (Lipinski definition) is 2. The number of carboxylic acids is 1. The number of furan rings is 1. The number of halogens is 1. The van der Waals surface area contributed by atoms with Crippen LogP contribution in [0.3, 0.4) is 0 Å². The number of ether oxygens (including phenoxy) is 1. The number of carbonyl (C=O) groups is 4. The second-order valence-corrected chi connectivity index (χ2v) is 11.6. The van der Waals surface area contributed by atoms with Gasteiger partial charge in [0.2, 0.25) is 11.3 Å². The third-order valence-electron chi connectivity index (χ3n) is 5.08. The van der Waals surface area contributed by atoms with Crippen LogP contribution >= 0.6 is 15.9 Å². The number of rotatable bonds is 8. The Morgan fingerprint density at radius 3 is 2.50 bits per heavy atom. The molecule has 1 fully saturated rings. The Bertz CT molecular complexity index is 1170. The third kappa shape index (κ3) is 5.53. The van der Waals surface area contributed by atoms with E-state index in [1.807, 2.05) is 0 Å². The first-order valence-corrected chi connectivity index (χ1v) is 13.2. The molecule has 2 aliphatic rings. The average Bonchev–Trinajstić information content (AvgIpc) is 3.29. The highest BCUT2D eigenvalue weighted by molar-refractivity contribution is 9.09. The molecule has 2 amide bonds. The van der Waals surface area contributed by atoms with Gasteiger partial charge >= 0.3 is 11.9 Å². The highest BCUT2D eigenvalue weighted by Gasteiger charge is 2.57. The number of fused-ring (bicyclic) bond motifs is 1. The molecule has 3 atom stereocenters. The van der Waals surface area contributed by atoms with Crippen molar-refractivity contribution in [2.45, 2.75) is 57.2 Å². The van der Waals surface area contributed by atoms with Crippen LogP contribution in [0.4, 0.5) is 0 Å². The van der Waals surface area contributed by atoms with Crippen molar-refractivity contribution in [2.24, 2.45) is 5.16 Å². The molecular weight excluding hydrogens is 562 g/mol. The molecule has 1 aromatic heterocycles. The zero-order chi connectivity index (χ0) is 27.0. The molecule has 2 N–H and O–H groups in total. The minimum atomic E-state index is -1.66. The normalized spacial score (nSPS) is 22.5. The molecule has 0 unspecified atom stereocenters. The van der Waals surface area contributed by atoms with Crippen molar-refractivity contribution in [1.29, 1.82) is 0 Å². The van der Waals surface area contributed by atoms with Crippen LogP contribution in [-0.4, -0.2) is 77.4 Å². The molecule has 1 saturated heterocycles. The Labute approximate surface area is 217 Å². The summed E-state index contributed by atoms with van der Waals surface area (Å²) in [5.41, 5.74) is -2.70. The average molecular weight is 588 g/mol. The van der Waals surface area contributed by atoms with Gasteiger partial charge in [-0.3, -0.25) is 18.7 Å². The molecule has 3 rings (SSSR count).